The quantitative estimate of drug-likeness (QED) is 0.197. The van der Waals surface area contributed by atoms with Gasteiger partial charge in [-0.25, -0.2) is 4.79 Å². The topological polar surface area (TPSA) is 110 Å². The molecule has 0 radical (unpaired) electrons. The number of nitro groups is 1. The van der Waals surface area contributed by atoms with Crippen LogP contribution in [0.3, 0.4) is 0 Å². The summed E-state index contributed by atoms with van der Waals surface area (Å²) in [6.45, 7) is 0. The largest absolute Gasteiger partial charge is 0.478 e. The minimum Gasteiger partial charge on any atom is -0.478 e. The number of carboxylic acid groups (broad SMARTS) is 1. The number of hydrogen-bond acceptors (Lipinski definition) is 4. The molecular formula is C14H5Br4FN2O5. The van der Waals surface area contributed by atoms with Crippen molar-refractivity contribution in [3.05, 3.63) is 63.1 Å². The number of carboxylic acids is 1. The first-order chi connectivity index (χ1) is 12.1. The average molecular weight is 620 g/mol. The van der Waals surface area contributed by atoms with Crippen molar-refractivity contribution < 1.29 is 24.0 Å². The van der Waals surface area contributed by atoms with Gasteiger partial charge in [-0.15, -0.1) is 0 Å². The molecule has 136 valence electrons. The summed E-state index contributed by atoms with van der Waals surface area (Å²) in [7, 11) is 0. The van der Waals surface area contributed by atoms with Crippen LogP contribution in [0.5, 0.6) is 0 Å². The van der Waals surface area contributed by atoms with E-state index in [1.807, 2.05) is 0 Å². The van der Waals surface area contributed by atoms with E-state index in [1.165, 1.54) is 0 Å². The van der Waals surface area contributed by atoms with E-state index in [-0.39, 0.29) is 25.8 Å². The smallest absolute Gasteiger partial charge is 0.337 e. The zero-order chi connectivity index (χ0) is 19.8. The van der Waals surface area contributed by atoms with Crippen molar-refractivity contribution in [3.8, 4) is 0 Å². The van der Waals surface area contributed by atoms with E-state index in [0.29, 0.717) is 8.95 Å². The van der Waals surface area contributed by atoms with E-state index in [0.717, 1.165) is 18.2 Å². The van der Waals surface area contributed by atoms with E-state index < -0.39 is 28.3 Å². The van der Waals surface area contributed by atoms with Gasteiger partial charge in [-0.2, -0.15) is 4.39 Å². The van der Waals surface area contributed by atoms with Gasteiger partial charge in [-0.05, 0) is 75.9 Å². The number of hydrogen-bond donors (Lipinski definition) is 2. The van der Waals surface area contributed by atoms with Crippen LogP contribution in [0.1, 0.15) is 20.7 Å². The number of benzene rings is 2. The van der Waals surface area contributed by atoms with E-state index >= 15 is 0 Å². The van der Waals surface area contributed by atoms with Crippen LogP contribution in [0.15, 0.2) is 36.1 Å². The lowest BCUT2D eigenvalue weighted by molar-refractivity contribution is -0.387. The Morgan fingerprint density at radius 2 is 1.58 bits per heavy atom. The van der Waals surface area contributed by atoms with Gasteiger partial charge in [0.25, 0.3) is 5.91 Å². The molecule has 0 atom stereocenters. The summed E-state index contributed by atoms with van der Waals surface area (Å²) in [6, 6.07) is 2.79. The molecule has 0 fully saturated rings. The van der Waals surface area contributed by atoms with Crippen molar-refractivity contribution in [2.45, 2.75) is 0 Å². The van der Waals surface area contributed by atoms with Crippen molar-refractivity contribution in [3.63, 3.8) is 0 Å². The third-order valence-electron chi connectivity index (χ3n) is 3.11. The predicted molar refractivity (Wildman–Crippen MR) is 105 cm³/mol. The van der Waals surface area contributed by atoms with Gasteiger partial charge in [-0.3, -0.25) is 14.9 Å². The van der Waals surface area contributed by atoms with Crippen LogP contribution in [0.2, 0.25) is 0 Å². The van der Waals surface area contributed by atoms with Crippen LogP contribution < -0.4 is 5.32 Å². The Hall–Kier alpha value is -1.37. The van der Waals surface area contributed by atoms with Gasteiger partial charge in [0.2, 0.25) is 5.82 Å². The van der Waals surface area contributed by atoms with Gasteiger partial charge in [0.1, 0.15) is 0 Å². The Labute approximate surface area is 178 Å². The first kappa shape index (κ1) is 20.9. The van der Waals surface area contributed by atoms with Crippen LogP contribution in [-0.4, -0.2) is 21.9 Å². The number of rotatable bonds is 4. The number of carbonyl (C=O) groups is 2. The standard InChI is InChI=1S/C14H5Br4FN2O5/c15-9-7(8(14(23)24)10(16)12(18)11(9)17)13(22)20-4-1-2-5(19)6(3-4)21(25)26/h1-3H,(H,20,22)(H,23,24). The van der Waals surface area contributed by atoms with Crippen molar-refractivity contribution in [1.29, 1.82) is 0 Å². The molecule has 0 aromatic heterocycles. The number of nitrogens with one attached hydrogen (secondary N) is 1. The molecule has 2 N–H and O–H groups in total. The fourth-order valence-electron chi connectivity index (χ4n) is 1.97. The molecule has 0 aliphatic heterocycles. The molecule has 2 aromatic carbocycles. The summed E-state index contributed by atoms with van der Waals surface area (Å²) in [5, 5.41) is 22.6. The van der Waals surface area contributed by atoms with Crippen molar-refractivity contribution in [1.82, 2.24) is 0 Å². The summed E-state index contributed by atoms with van der Waals surface area (Å²) in [5.41, 5.74) is -1.45. The highest BCUT2D eigenvalue weighted by atomic mass is 79.9. The maximum Gasteiger partial charge on any atom is 0.337 e. The molecule has 12 heteroatoms. The molecule has 0 spiro atoms. The Bertz CT molecular complexity index is 967. The monoisotopic (exact) mass is 616 g/mol. The summed E-state index contributed by atoms with van der Waals surface area (Å²) in [6.07, 6.45) is 0. The normalized spacial score (nSPS) is 10.5. The van der Waals surface area contributed by atoms with Crippen molar-refractivity contribution >= 4 is 87.0 Å². The second-order valence-electron chi connectivity index (χ2n) is 4.69. The van der Waals surface area contributed by atoms with Crippen LogP contribution in [-0.2, 0) is 0 Å². The van der Waals surface area contributed by atoms with Crippen molar-refractivity contribution in [2.75, 3.05) is 5.32 Å². The molecule has 2 aromatic rings. The van der Waals surface area contributed by atoms with Gasteiger partial charge >= 0.3 is 11.7 Å². The predicted octanol–water partition coefficient (Wildman–Crippen LogP) is 5.73. The molecule has 26 heavy (non-hydrogen) atoms. The minimum absolute atomic E-state index is 0.0681. The molecule has 0 saturated heterocycles. The van der Waals surface area contributed by atoms with Gasteiger partial charge in [-0.1, -0.05) is 0 Å². The maximum absolute atomic E-state index is 13.4. The molecule has 2 rings (SSSR count). The lowest BCUT2D eigenvalue weighted by Crippen LogP contribution is -2.18. The van der Waals surface area contributed by atoms with E-state index in [2.05, 4.69) is 69.0 Å². The number of amides is 1. The Kier molecular flexibility index (Phi) is 6.53. The molecule has 1 amide bonds. The fourth-order valence-corrected chi connectivity index (χ4v) is 4.44. The first-order valence-corrected chi connectivity index (χ1v) is 9.58. The minimum atomic E-state index is -1.37. The number of carbonyl (C=O) groups excluding carboxylic acids is 1. The third kappa shape index (κ3) is 3.97. The highest BCUT2D eigenvalue weighted by molar-refractivity contribution is 9.15. The molecule has 0 bridgehead atoms. The van der Waals surface area contributed by atoms with Crippen LogP contribution in [0, 0.1) is 15.9 Å². The summed E-state index contributed by atoms with van der Waals surface area (Å²) in [4.78, 5) is 34.1. The molecule has 0 aliphatic carbocycles. The third-order valence-corrected chi connectivity index (χ3v) is 7.88. The van der Waals surface area contributed by atoms with Crippen LogP contribution in [0.4, 0.5) is 15.8 Å². The summed E-state index contributed by atoms with van der Waals surface area (Å²) >= 11 is 12.7. The average Bonchev–Trinajstić information content (AvgIpc) is 2.56. The summed E-state index contributed by atoms with van der Waals surface area (Å²) < 4.78 is 14.4. The lowest BCUT2D eigenvalue weighted by atomic mass is 10.1. The highest BCUT2D eigenvalue weighted by Gasteiger charge is 2.28. The number of nitrogens with zero attached hydrogens (tertiary/aromatic N) is 1. The van der Waals surface area contributed by atoms with Gasteiger partial charge < -0.3 is 10.4 Å². The fraction of sp³-hybridized carbons (Fsp3) is 0. The second-order valence-corrected chi connectivity index (χ2v) is 7.86. The Morgan fingerprint density at radius 1 is 1.04 bits per heavy atom. The molecule has 0 unspecified atom stereocenters. The molecule has 0 aliphatic rings. The van der Waals surface area contributed by atoms with Crippen LogP contribution in [0.25, 0.3) is 0 Å². The zero-order valence-corrected chi connectivity index (χ0v) is 18.5. The molecule has 7 nitrogen and oxygen atoms in total. The number of anilines is 1. The van der Waals surface area contributed by atoms with Gasteiger partial charge in [0.05, 0.1) is 16.1 Å². The molecular weight excluding hydrogens is 615 g/mol. The summed E-state index contributed by atoms with van der Waals surface area (Å²) in [5.74, 6) is -3.29. The first-order valence-electron chi connectivity index (χ1n) is 6.40. The number of halogens is 5. The lowest BCUT2D eigenvalue weighted by Gasteiger charge is -2.14. The molecule has 0 saturated carbocycles. The molecule has 0 heterocycles. The highest BCUT2D eigenvalue weighted by Crippen LogP contribution is 2.42. The Morgan fingerprint density at radius 3 is 2.08 bits per heavy atom. The van der Waals surface area contributed by atoms with E-state index in [1.54, 1.807) is 0 Å². The maximum atomic E-state index is 13.4. The SMILES string of the molecule is O=C(O)c1c(Br)c(Br)c(Br)c(Br)c1C(=O)Nc1ccc(F)c([N+](=O)[O-])c1. The number of nitro benzene ring substituents is 1. The van der Waals surface area contributed by atoms with E-state index in [4.69, 9.17) is 0 Å². The Balaban J connectivity index is 2.56. The van der Waals surface area contributed by atoms with Crippen LogP contribution >= 0.6 is 63.7 Å². The van der Waals surface area contributed by atoms with Gasteiger partial charge in [0, 0.05) is 29.6 Å². The van der Waals surface area contributed by atoms with E-state index in [9.17, 15) is 29.2 Å². The number of aromatic carboxylic acids is 1. The van der Waals surface area contributed by atoms with Gasteiger partial charge in [0.15, 0.2) is 0 Å². The zero-order valence-electron chi connectivity index (χ0n) is 12.1. The van der Waals surface area contributed by atoms with Crippen molar-refractivity contribution in [2.24, 2.45) is 0 Å². The second kappa shape index (κ2) is 8.11.